The first-order valence-corrected chi connectivity index (χ1v) is 6.45. The smallest absolute Gasteiger partial charge is 0.330 e. The largest absolute Gasteiger partial charge is 0.466 e. The Balaban J connectivity index is 2.35. The van der Waals surface area contributed by atoms with E-state index in [1.54, 1.807) is 12.4 Å². The highest BCUT2D eigenvalue weighted by atomic mass is 35.5. The zero-order valence-corrected chi connectivity index (χ0v) is 12.0. The molecule has 0 amide bonds. The number of hydrogen-bond donors (Lipinski definition) is 0. The van der Waals surface area contributed by atoms with E-state index >= 15 is 0 Å². The van der Waals surface area contributed by atoms with Gasteiger partial charge in [0.1, 0.15) is 0 Å². The molecule has 0 spiro atoms. The molecule has 102 valence electrons. The number of pyridine rings is 1. The molecule has 0 N–H and O–H groups in total. The Morgan fingerprint density at radius 2 is 1.90 bits per heavy atom. The summed E-state index contributed by atoms with van der Waals surface area (Å²) in [6.45, 7) is 1.85. The second-order valence-electron chi connectivity index (χ2n) is 4.32. The van der Waals surface area contributed by atoms with Crippen LogP contribution in [-0.2, 0) is 9.53 Å². The fraction of sp³-hybridized carbons (Fsp3) is 0.125. The number of hydrogen-bond acceptors (Lipinski definition) is 3. The summed E-state index contributed by atoms with van der Waals surface area (Å²) in [6, 6.07) is 9.51. The van der Waals surface area contributed by atoms with Gasteiger partial charge in [0.15, 0.2) is 0 Å². The maximum atomic E-state index is 11.3. The summed E-state index contributed by atoms with van der Waals surface area (Å²) in [5.74, 6) is -0.376. The Labute approximate surface area is 122 Å². The minimum Gasteiger partial charge on any atom is -0.466 e. The van der Waals surface area contributed by atoms with Crippen molar-refractivity contribution in [3.05, 3.63) is 59.4 Å². The number of aromatic nitrogens is 1. The number of allylic oxidation sites excluding steroid dienone is 1. The number of rotatable bonds is 3. The predicted molar refractivity (Wildman–Crippen MR) is 80.4 cm³/mol. The van der Waals surface area contributed by atoms with Crippen molar-refractivity contribution in [3.63, 3.8) is 0 Å². The fourth-order valence-corrected chi connectivity index (χ4v) is 1.90. The second-order valence-corrected chi connectivity index (χ2v) is 4.76. The van der Waals surface area contributed by atoms with Crippen molar-refractivity contribution in [2.75, 3.05) is 7.11 Å². The average molecular weight is 288 g/mol. The zero-order valence-electron chi connectivity index (χ0n) is 11.3. The quantitative estimate of drug-likeness (QED) is 0.633. The summed E-state index contributed by atoms with van der Waals surface area (Å²) in [5, 5.41) is 0.694. The number of carbonyl (C=O) groups excluding carboxylic acids is 1. The van der Waals surface area contributed by atoms with Crippen LogP contribution in [0.4, 0.5) is 0 Å². The lowest BCUT2D eigenvalue weighted by molar-refractivity contribution is -0.134. The number of benzene rings is 1. The van der Waals surface area contributed by atoms with Gasteiger partial charge in [-0.3, -0.25) is 4.98 Å². The van der Waals surface area contributed by atoms with E-state index in [0.717, 1.165) is 22.3 Å². The van der Waals surface area contributed by atoms with E-state index in [2.05, 4.69) is 9.72 Å². The summed E-state index contributed by atoms with van der Waals surface area (Å²) < 4.78 is 4.62. The van der Waals surface area contributed by atoms with Crippen molar-refractivity contribution in [1.29, 1.82) is 0 Å². The van der Waals surface area contributed by atoms with Crippen LogP contribution in [0, 0.1) is 0 Å². The van der Waals surface area contributed by atoms with Gasteiger partial charge in [0.25, 0.3) is 0 Å². The summed E-state index contributed by atoms with van der Waals surface area (Å²) in [7, 11) is 1.36. The van der Waals surface area contributed by atoms with Gasteiger partial charge in [0.2, 0.25) is 0 Å². The molecule has 2 aromatic rings. The summed E-state index contributed by atoms with van der Waals surface area (Å²) in [5.41, 5.74) is 3.68. The molecule has 0 bridgehead atoms. The molecule has 0 aliphatic carbocycles. The molecule has 0 saturated heterocycles. The van der Waals surface area contributed by atoms with Crippen molar-refractivity contribution in [2.24, 2.45) is 0 Å². The second kappa shape index (κ2) is 6.35. The first-order valence-electron chi connectivity index (χ1n) is 6.08. The zero-order chi connectivity index (χ0) is 14.5. The van der Waals surface area contributed by atoms with Crippen LogP contribution < -0.4 is 0 Å². The number of carbonyl (C=O) groups is 1. The number of ether oxygens (including phenoxy) is 1. The van der Waals surface area contributed by atoms with Gasteiger partial charge >= 0.3 is 5.97 Å². The first kappa shape index (κ1) is 14.3. The normalized spacial score (nSPS) is 11.2. The summed E-state index contributed by atoms with van der Waals surface area (Å²) in [6.07, 6.45) is 4.94. The Bertz CT molecular complexity index is 648. The fourth-order valence-electron chi connectivity index (χ4n) is 1.77. The Morgan fingerprint density at radius 1 is 1.20 bits per heavy atom. The minimum atomic E-state index is -0.376. The molecule has 0 aliphatic heterocycles. The van der Waals surface area contributed by atoms with E-state index in [-0.39, 0.29) is 5.97 Å². The van der Waals surface area contributed by atoms with Gasteiger partial charge in [-0.2, -0.15) is 0 Å². The molecular formula is C16H14ClNO2. The highest BCUT2D eigenvalue weighted by Crippen LogP contribution is 2.24. The monoisotopic (exact) mass is 287 g/mol. The van der Waals surface area contributed by atoms with Crippen LogP contribution in [0.25, 0.3) is 16.7 Å². The highest BCUT2D eigenvalue weighted by Gasteiger charge is 2.04. The topological polar surface area (TPSA) is 39.2 Å². The molecular weight excluding hydrogens is 274 g/mol. The van der Waals surface area contributed by atoms with E-state index in [1.807, 2.05) is 37.3 Å². The Morgan fingerprint density at radius 3 is 2.55 bits per heavy atom. The SMILES string of the molecule is COC(=O)/C=C(\C)c1cncc(-c2ccc(Cl)cc2)c1. The van der Waals surface area contributed by atoms with E-state index < -0.39 is 0 Å². The van der Waals surface area contributed by atoms with Crippen LogP contribution in [0.1, 0.15) is 12.5 Å². The Kier molecular flexibility index (Phi) is 4.53. The van der Waals surface area contributed by atoms with Crippen molar-refractivity contribution in [1.82, 2.24) is 4.98 Å². The van der Waals surface area contributed by atoms with Gasteiger partial charge in [-0.05, 0) is 41.8 Å². The highest BCUT2D eigenvalue weighted by molar-refractivity contribution is 6.30. The van der Waals surface area contributed by atoms with Gasteiger partial charge in [0, 0.05) is 29.1 Å². The van der Waals surface area contributed by atoms with Gasteiger partial charge in [0.05, 0.1) is 7.11 Å². The Hall–Kier alpha value is -2.13. The molecule has 0 aliphatic rings. The molecule has 3 nitrogen and oxygen atoms in total. The standard InChI is InChI=1S/C16H14ClNO2/c1-11(7-16(19)20-2)13-8-14(10-18-9-13)12-3-5-15(17)6-4-12/h3-10H,1-2H3/b11-7+. The number of esters is 1. The molecule has 0 radical (unpaired) electrons. The van der Waals surface area contributed by atoms with E-state index in [9.17, 15) is 4.79 Å². The molecule has 0 saturated carbocycles. The van der Waals surface area contributed by atoms with Crippen LogP contribution in [0.15, 0.2) is 48.8 Å². The minimum absolute atomic E-state index is 0.376. The average Bonchev–Trinajstić information content (AvgIpc) is 2.48. The lowest BCUT2D eigenvalue weighted by Gasteiger charge is -2.05. The van der Waals surface area contributed by atoms with Crippen molar-refractivity contribution in [2.45, 2.75) is 6.92 Å². The third-order valence-corrected chi connectivity index (χ3v) is 3.16. The van der Waals surface area contributed by atoms with Gasteiger partial charge in [-0.1, -0.05) is 23.7 Å². The van der Waals surface area contributed by atoms with Crippen LogP contribution in [0.2, 0.25) is 5.02 Å². The molecule has 1 heterocycles. The maximum absolute atomic E-state index is 11.3. The molecule has 0 atom stereocenters. The number of nitrogens with zero attached hydrogens (tertiary/aromatic N) is 1. The van der Waals surface area contributed by atoms with Crippen LogP contribution in [0.3, 0.4) is 0 Å². The van der Waals surface area contributed by atoms with Crippen LogP contribution >= 0.6 is 11.6 Å². The van der Waals surface area contributed by atoms with Crippen molar-refractivity contribution in [3.8, 4) is 11.1 Å². The lowest BCUT2D eigenvalue weighted by Crippen LogP contribution is -1.96. The first-order chi connectivity index (χ1) is 9.60. The van der Waals surface area contributed by atoms with Gasteiger partial charge in [-0.25, -0.2) is 4.79 Å². The van der Waals surface area contributed by atoms with Crippen molar-refractivity contribution >= 4 is 23.1 Å². The summed E-state index contributed by atoms with van der Waals surface area (Å²) >= 11 is 5.88. The molecule has 2 rings (SSSR count). The van der Waals surface area contributed by atoms with E-state index in [0.29, 0.717) is 5.02 Å². The maximum Gasteiger partial charge on any atom is 0.330 e. The van der Waals surface area contributed by atoms with Crippen LogP contribution in [-0.4, -0.2) is 18.1 Å². The van der Waals surface area contributed by atoms with Crippen LogP contribution in [0.5, 0.6) is 0 Å². The number of halogens is 1. The summed E-state index contributed by atoms with van der Waals surface area (Å²) in [4.78, 5) is 15.5. The van der Waals surface area contributed by atoms with Crippen molar-refractivity contribution < 1.29 is 9.53 Å². The predicted octanol–water partition coefficient (Wildman–Crippen LogP) is 3.98. The van der Waals surface area contributed by atoms with E-state index in [4.69, 9.17) is 11.6 Å². The lowest BCUT2D eigenvalue weighted by atomic mass is 10.0. The molecule has 4 heteroatoms. The third-order valence-electron chi connectivity index (χ3n) is 2.91. The third kappa shape index (κ3) is 3.45. The number of methoxy groups -OCH3 is 1. The molecule has 1 aromatic carbocycles. The van der Waals surface area contributed by atoms with E-state index in [1.165, 1.54) is 13.2 Å². The molecule has 0 unspecified atom stereocenters. The molecule has 0 fully saturated rings. The molecule has 1 aromatic heterocycles. The van der Waals surface area contributed by atoms with Gasteiger partial charge < -0.3 is 4.74 Å². The molecule has 20 heavy (non-hydrogen) atoms. The van der Waals surface area contributed by atoms with Gasteiger partial charge in [-0.15, -0.1) is 0 Å².